The average Bonchev–Trinajstić information content (AvgIpc) is 2.33. The molecule has 5 amide bonds. The second-order valence-corrected chi connectivity index (χ2v) is 4.18. The molecule has 0 saturated carbocycles. The lowest BCUT2D eigenvalue weighted by Gasteiger charge is -2.12. The Hall–Kier alpha value is -2.32. The van der Waals surface area contributed by atoms with E-state index in [-0.39, 0.29) is 38.4 Å². The van der Waals surface area contributed by atoms with Crippen LogP contribution < -0.4 is 16.0 Å². The van der Waals surface area contributed by atoms with Gasteiger partial charge in [-0.1, -0.05) is 0 Å². The molecule has 9 nitrogen and oxygen atoms in total. The first-order chi connectivity index (χ1) is 9.32. The van der Waals surface area contributed by atoms with E-state index in [1.165, 1.54) is 4.90 Å². The molecule has 0 aliphatic heterocycles. The number of carboxylic acid groups (broad SMARTS) is 1. The van der Waals surface area contributed by atoms with Gasteiger partial charge in [-0.05, 0) is 6.42 Å². The Balaban J connectivity index is 3.65. The van der Waals surface area contributed by atoms with E-state index >= 15 is 0 Å². The van der Waals surface area contributed by atoms with Gasteiger partial charge in [-0.2, -0.15) is 0 Å². The van der Waals surface area contributed by atoms with Crippen molar-refractivity contribution in [3.63, 3.8) is 0 Å². The number of hydrogen-bond donors (Lipinski definition) is 4. The van der Waals surface area contributed by atoms with Crippen LogP contribution in [0, 0.1) is 0 Å². The van der Waals surface area contributed by atoms with Crippen molar-refractivity contribution in [2.45, 2.75) is 19.3 Å². The highest BCUT2D eigenvalue weighted by Crippen LogP contribution is 1.94. The van der Waals surface area contributed by atoms with Gasteiger partial charge in [0.1, 0.15) is 0 Å². The fourth-order valence-corrected chi connectivity index (χ4v) is 1.14. The molecule has 114 valence electrons. The number of rotatable bonds is 7. The first-order valence-corrected chi connectivity index (χ1v) is 6.07. The predicted molar refractivity (Wildman–Crippen MR) is 70.1 cm³/mol. The fraction of sp³-hybridized carbons (Fsp3) is 0.636. The van der Waals surface area contributed by atoms with Gasteiger partial charge in [0.15, 0.2) is 0 Å². The number of carboxylic acids is 1. The molecule has 4 N–H and O–H groups in total. The van der Waals surface area contributed by atoms with Crippen LogP contribution in [-0.4, -0.2) is 61.1 Å². The Morgan fingerprint density at radius 3 is 2.15 bits per heavy atom. The van der Waals surface area contributed by atoms with Gasteiger partial charge in [0.05, 0.1) is 0 Å². The Morgan fingerprint density at radius 2 is 1.60 bits per heavy atom. The topological polar surface area (TPSA) is 128 Å². The molecule has 0 aromatic rings. The summed E-state index contributed by atoms with van der Waals surface area (Å²) in [6.07, 6.45) is 0.0238. The van der Waals surface area contributed by atoms with Crippen LogP contribution in [0.3, 0.4) is 0 Å². The van der Waals surface area contributed by atoms with Crippen molar-refractivity contribution >= 4 is 23.9 Å². The quantitative estimate of drug-likeness (QED) is 0.462. The van der Waals surface area contributed by atoms with Crippen LogP contribution in [0.4, 0.5) is 9.59 Å². The van der Waals surface area contributed by atoms with Crippen LogP contribution in [-0.2, 0) is 9.59 Å². The number of urea groups is 2. The maximum absolute atomic E-state index is 11.2. The summed E-state index contributed by atoms with van der Waals surface area (Å²) in [5.41, 5.74) is 0. The average molecular weight is 288 g/mol. The first-order valence-electron chi connectivity index (χ1n) is 6.07. The third-order valence-electron chi connectivity index (χ3n) is 2.14. The van der Waals surface area contributed by atoms with E-state index in [9.17, 15) is 19.2 Å². The van der Waals surface area contributed by atoms with Crippen molar-refractivity contribution in [2.75, 3.05) is 27.2 Å². The summed E-state index contributed by atoms with van der Waals surface area (Å²) in [5.74, 6) is -1.53. The van der Waals surface area contributed by atoms with Gasteiger partial charge < -0.3 is 20.6 Å². The van der Waals surface area contributed by atoms with Crippen LogP contribution in [0.2, 0.25) is 0 Å². The first kappa shape index (κ1) is 17.7. The normalized spacial score (nSPS) is 9.50. The largest absolute Gasteiger partial charge is 0.481 e. The van der Waals surface area contributed by atoms with Crippen molar-refractivity contribution in [1.29, 1.82) is 0 Å². The highest BCUT2D eigenvalue weighted by Gasteiger charge is 2.08. The molecule has 0 unspecified atom stereocenters. The SMILES string of the molecule is CN(C)C(=O)NCCNC(=O)NC(=O)CCCC(=O)O. The standard InChI is InChI=1S/C11H20N4O5/c1-15(2)11(20)13-7-6-12-10(19)14-8(16)4-3-5-9(17)18/h3-7H2,1-2H3,(H,13,20)(H,17,18)(H2,12,14,16,19). The van der Waals surface area contributed by atoms with Gasteiger partial charge in [0.2, 0.25) is 5.91 Å². The van der Waals surface area contributed by atoms with E-state index in [0.717, 1.165) is 0 Å². The van der Waals surface area contributed by atoms with Gasteiger partial charge >= 0.3 is 18.0 Å². The third-order valence-corrected chi connectivity index (χ3v) is 2.14. The molecule has 0 heterocycles. The van der Waals surface area contributed by atoms with E-state index in [2.05, 4.69) is 16.0 Å². The molecule has 0 bridgehead atoms. The van der Waals surface area contributed by atoms with Crippen molar-refractivity contribution in [1.82, 2.24) is 20.9 Å². The molecular weight excluding hydrogens is 268 g/mol. The predicted octanol–water partition coefficient (Wildman–Crippen LogP) is -0.662. The number of imide groups is 1. The van der Waals surface area contributed by atoms with Gasteiger partial charge in [-0.25, -0.2) is 9.59 Å². The lowest BCUT2D eigenvalue weighted by molar-refractivity contribution is -0.137. The van der Waals surface area contributed by atoms with Crippen LogP contribution in [0.1, 0.15) is 19.3 Å². The van der Waals surface area contributed by atoms with E-state index < -0.39 is 17.9 Å². The van der Waals surface area contributed by atoms with E-state index in [0.29, 0.717) is 0 Å². The van der Waals surface area contributed by atoms with Crippen molar-refractivity contribution in [3.05, 3.63) is 0 Å². The number of carbonyl (C=O) groups excluding carboxylic acids is 3. The molecule has 0 fully saturated rings. The Bertz CT molecular complexity index is 370. The van der Waals surface area contributed by atoms with Crippen molar-refractivity contribution in [3.8, 4) is 0 Å². The minimum absolute atomic E-state index is 0.0307. The monoisotopic (exact) mass is 288 g/mol. The summed E-state index contributed by atoms with van der Waals surface area (Å²) in [4.78, 5) is 45.2. The smallest absolute Gasteiger partial charge is 0.321 e. The summed E-state index contributed by atoms with van der Waals surface area (Å²) >= 11 is 0. The Kier molecular flexibility index (Phi) is 8.48. The van der Waals surface area contributed by atoms with Gasteiger partial charge in [-0.3, -0.25) is 14.9 Å². The molecule has 9 heteroatoms. The molecular formula is C11H20N4O5. The maximum Gasteiger partial charge on any atom is 0.321 e. The highest BCUT2D eigenvalue weighted by molar-refractivity contribution is 5.94. The lowest BCUT2D eigenvalue weighted by Crippen LogP contribution is -2.44. The summed E-state index contributed by atoms with van der Waals surface area (Å²) in [5, 5.41) is 15.4. The minimum atomic E-state index is -0.987. The molecule has 0 saturated heterocycles. The number of hydrogen-bond acceptors (Lipinski definition) is 4. The highest BCUT2D eigenvalue weighted by atomic mass is 16.4. The van der Waals surface area contributed by atoms with Crippen LogP contribution >= 0.6 is 0 Å². The molecule has 0 aliphatic rings. The van der Waals surface area contributed by atoms with Gasteiger partial charge in [-0.15, -0.1) is 0 Å². The van der Waals surface area contributed by atoms with Crippen molar-refractivity contribution in [2.24, 2.45) is 0 Å². The van der Waals surface area contributed by atoms with E-state index in [1.807, 2.05) is 0 Å². The zero-order chi connectivity index (χ0) is 15.5. The third kappa shape index (κ3) is 9.68. The molecule has 20 heavy (non-hydrogen) atoms. The zero-order valence-corrected chi connectivity index (χ0v) is 11.6. The lowest BCUT2D eigenvalue weighted by atomic mass is 10.2. The van der Waals surface area contributed by atoms with E-state index in [1.54, 1.807) is 14.1 Å². The van der Waals surface area contributed by atoms with Crippen LogP contribution in [0.25, 0.3) is 0 Å². The van der Waals surface area contributed by atoms with Crippen molar-refractivity contribution < 1.29 is 24.3 Å². The molecule has 0 aromatic carbocycles. The molecule has 0 rings (SSSR count). The second kappa shape index (κ2) is 9.59. The fourth-order valence-electron chi connectivity index (χ4n) is 1.14. The molecule has 0 spiro atoms. The Labute approximate surface area is 116 Å². The van der Waals surface area contributed by atoms with Crippen LogP contribution in [0.15, 0.2) is 0 Å². The van der Waals surface area contributed by atoms with Crippen LogP contribution in [0.5, 0.6) is 0 Å². The number of carbonyl (C=O) groups is 4. The molecule has 0 atom stereocenters. The summed E-state index contributed by atoms with van der Waals surface area (Å²) in [6.45, 7) is 0.408. The second-order valence-electron chi connectivity index (χ2n) is 4.18. The maximum atomic E-state index is 11.2. The summed E-state index contributed by atoms with van der Waals surface area (Å²) in [6, 6.07) is -0.957. The van der Waals surface area contributed by atoms with E-state index in [4.69, 9.17) is 5.11 Å². The molecule has 0 radical (unpaired) electrons. The van der Waals surface area contributed by atoms with Gasteiger partial charge in [0.25, 0.3) is 0 Å². The zero-order valence-electron chi connectivity index (χ0n) is 11.6. The number of nitrogens with one attached hydrogen (secondary N) is 3. The summed E-state index contributed by atoms with van der Waals surface area (Å²) in [7, 11) is 3.18. The minimum Gasteiger partial charge on any atom is -0.481 e. The molecule has 0 aliphatic carbocycles. The van der Waals surface area contributed by atoms with Gasteiger partial charge in [0, 0.05) is 40.0 Å². The Morgan fingerprint density at radius 1 is 1.00 bits per heavy atom. The number of amides is 5. The number of nitrogens with zero attached hydrogens (tertiary/aromatic N) is 1. The molecule has 0 aromatic heterocycles. The number of aliphatic carboxylic acids is 1. The summed E-state index contributed by atoms with van der Waals surface area (Å²) < 4.78 is 0.